The van der Waals surface area contributed by atoms with Gasteiger partial charge in [0, 0.05) is 18.3 Å². The summed E-state index contributed by atoms with van der Waals surface area (Å²) in [5.74, 6) is -1.19. The molecule has 3 aromatic rings. The van der Waals surface area contributed by atoms with Gasteiger partial charge in [0.05, 0.1) is 11.6 Å². The molecule has 4 nitrogen and oxygen atoms in total. The van der Waals surface area contributed by atoms with Crippen LogP contribution in [0.15, 0.2) is 72.9 Å². The van der Waals surface area contributed by atoms with Crippen LogP contribution >= 0.6 is 0 Å². The molecule has 1 atom stereocenters. The third-order valence-electron chi connectivity index (χ3n) is 4.90. The van der Waals surface area contributed by atoms with E-state index >= 15 is 0 Å². The predicted octanol–water partition coefficient (Wildman–Crippen LogP) is 5.00. The lowest BCUT2D eigenvalue weighted by Crippen LogP contribution is -2.12. The number of hydrogen-bond acceptors (Lipinski definition) is 2. The van der Waals surface area contributed by atoms with Crippen molar-refractivity contribution in [2.75, 3.05) is 0 Å². The van der Waals surface area contributed by atoms with Crippen LogP contribution in [0.4, 0.5) is 0 Å². The first-order valence-corrected chi connectivity index (χ1v) is 9.69. The van der Waals surface area contributed by atoms with Gasteiger partial charge in [-0.15, -0.1) is 0 Å². The van der Waals surface area contributed by atoms with Crippen LogP contribution in [0.1, 0.15) is 39.7 Å². The zero-order valence-electron chi connectivity index (χ0n) is 16.7. The summed E-state index contributed by atoms with van der Waals surface area (Å²) in [6.07, 6.45) is 6.40. The Morgan fingerprint density at radius 1 is 1.07 bits per heavy atom. The van der Waals surface area contributed by atoms with Crippen molar-refractivity contribution in [2.24, 2.45) is 5.92 Å². The van der Waals surface area contributed by atoms with Crippen molar-refractivity contribution in [3.8, 4) is 0 Å². The predicted molar refractivity (Wildman–Crippen MR) is 115 cm³/mol. The van der Waals surface area contributed by atoms with Crippen molar-refractivity contribution >= 4 is 17.8 Å². The van der Waals surface area contributed by atoms with Gasteiger partial charge in [-0.1, -0.05) is 73.2 Å². The Balaban J connectivity index is 1.69. The number of aryl methyl sites for hydroxylation is 1. The van der Waals surface area contributed by atoms with E-state index in [1.807, 2.05) is 90.5 Å². The highest BCUT2D eigenvalue weighted by atomic mass is 16.4. The Labute approximate surface area is 171 Å². The molecule has 0 bridgehead atoms. The second-order valence-corrected chi connectivity index (χ2v) is 7.33. The van der Waals surface area contributed by atoms with E-state index in [-0.39, 0.29) is 5.78 Å². The van der Waals surface area contributed by atoms with Crippen LogP contribution in [0.5, 0.6) is 0 Å². The lowest BCUT2D eigenvalue weighted by molar-refractivity contribution is -0.141. The molecule has 0 fully saturated rings. The lowest BCUT2D eigenvalue weighted by atomic mass is 9.99. The fourth-order valence-corrected chi connectivity index (χ4v) is 3.20. The number of aromatic nitrogens is 1. The number of rotatable bonds is 8. The molecule has 1 N–H and O–H groups in total. The maximum atomic E-state index is 12.8. The van der Waals surface area contributed by atoms with Crippen LogP contribution in [-0.2, 0) is 17.8 Å². The molecular weight excluding hydrogens is 362 g/mol. The fourth-order valence-electron chi connectivity index (χ4n) is 3.20. The minimum atomic E-state index is -0.788. The quantitative estimate of drug-likeness (QED) is 0.553. The normalized spacial score (nSPS) is 12.2. The Kier molecular flexibility index (Phi) is 6.45. The van der Waals surface area contributed by atoms with Crippen LogP contribution in [0, 0.1) is 12.8 Å². The number of benzene rings is 2. The summed E-state index contributed by atoms with van der Waals surface area (Å²) < 4.78 is 1.93. The number of carbonyl (C=O) groups is 2. The summed E-state index contributed by atoms with van der Waals surface area (Å²) in [6, 6.07) is 19.2. The number of aliphatic carboxylic acids is 1. The maximum Gasteiger partial charge on any atom is 0.306 e. The molecule has 0 aliphatic carbocycles. The van der Waals surface area contributed by atoms with Gasteiger partial charge in [-0.2, -0.15) is 0 Å². The number of carboxylic acids is 1. The molecule has 0 aliphatic rings. The van der Waals surface area contributed by atoms with Gasteiger partial charge in [0.1, 0.15) is 0 Å². The Bertz CT molecular complexity index is 1030. The first-order valence-electron chi connectivity index (χ1n) is 9.69. The molecule has 148 valence electrons. The van der Waals surface area contributed by atoms with Gasteiger partial charge < -0.3 is 9.67 Å². The average Bonchev–Trinajstić information content (AvgIpc) is 3.17. The fraction of sp³-hybridized carbons (Fsp3) is 0.200. The van der Waals surface area contributed by atoms with Gasteiger partial charge in [0.15, 0.2) is 0 Å². The highest BCUT2D eigenvalue weighted by Gasteiger charge is 2.13. The first kappa shape index (κ1) is 20.3. The first-order chi connectivity index (χ1) is 13.9. The third kappa shape index (κ3) is 5.32. The molecule has 0 saturated heterocycles. The van der Waals surface area contributed by atoms with E-state index in [0.717, 1.165) is 16.7 Å². The van der Waals surface area contributed by atoms with Gasteiger partial charge in [-0.25, -0.2) is 0 Å². The van der Waals surface area contributed by atoms with Crippen LogP contribution in [-0.4, -0.2) is 21.4 Å². The zero-order chi connectivity index (χ0) is 20.8. The van der Waals surface area contributed by atoms with E-state index in [2.05, 4.69) is 0 Å². The summed E-state index contributed by atoms with van der Waals surface area (Å²) in [5, 5.41) is 9.08. The molecule has 2 aromatic carbocycles. The summed E-state index contributed by atoms with van der Waals surface area (Å²) in [4.78, 5) is 23.8. The van der Waals surface area contributed by atoms with E-state index < -0.39 is 11.9 Å². The van der Waals surface area contributed by atoms with Crippen molar-refractivity contribution < 1.29 is 14.7 Å². The minimum absolute atomic E-state index is 0.00746. The lowest BCUT2D eigenvalue weighted by Gasteiger charge is -2.08. The highest BCUT2D eigenvalue weighted by molar-refractivity contribution is 6.08. The van der Waals surface area contributed by atoms with Gasteiger partial charge >= 0.3 is 5.97 Å². The molecule has 0 aliphatic heterocycles. The Hall–Kier alpha value is -3.40. The maximum absolute atomic E-state index is 12.8. The molecule has 4 heteroatoms. The minimum Gasteiger partial charge on any atom is -0.481 e. The summed E-state index contributed by atoms with van der Waals surface area (Å²) in [6.45, 7) is 4.29. The van der Waals surface area contributed by atoms with E-state index in [4.69, 9.17) is 5.11 Å². The van der Waals surface area contributed by atoms with E-state index in [1.54, 1.807) is 6.92 Å². The van der Waals surface area contributed by atoms with E-state index in [1.165, 1.54) is 0 Å². The molecule has 1 aromatic heterocycles. The van der Waals surface area contributed by atoms with Crippen molar-refractivity contribution in [1.29, 1.82) is 0 Å². The van der Waals surface area contributed by atoms with Crippen LogP contribution in [0.2, 0.25) is 0 Å². The molecule has 3 rings (SSSR count). The largest absolute Gasteiger partial charge is 0.481 e. The Morgan fingerprint density at radius 3 is 2.55 bits per heavy atom. The molecule has 1 heterocycles. The van der Waals surface area contributed by atoms with Crippen molar-refractivity contribution in [3.63, 3.8) is 0 Å². The van der Waals surface area contributed by atoms with Gasteiger partial charge in [-0.05, 0) is 36.6 Å². The number of hydrogen-bond donors (Lipinski definition) is 1. The third-order valence-corrected chi connectivity index (χ3v) is 4.90. The average molecular weight is 387 g/mol. The molecule has 0 spiro atoms. The van der Waals surface area contributed by atoms with Gasteiger partial charge in [-0.3, -0.25) is 9.59 Å². The van der Waals surface area contributed by atoms with Crippen molar-refractivity contribution in [2.45, 2.75) is 26.8 Å². The van der Waals surface area contributed by atoms with Crippen molar-refractivity contribution in [3.05, 3.63) is 101 Å². The highest BCUT2D eigenvalue weighted by Crippen LogP contribution is 2.14. The van der Waals surface area contributed by atoms with E-state index in [0.29, 0.717) is 24.2 Å². The van der Waals surface area contributed by atoms with E-state index in [9.17, 15) is 9.59 Å². The smallest absolute Gasteiger partial charge is 0.306 e. The second kappa shape index (κ2) is 9.20. The standard InChI is InChI=1S/C25H25NO3/c1-18-10-12-22(13-11-18)24(27)23-9-5-15-26(23)14-4-8-20-6-3-7-21(17-20)16-19(2)25(28)29/h3-13,15,17,19H,14,16H2,1-2H3,(H,28,29)/b8-4+. The monoisotopic (exact) mass is 387 g/mol. The number of allylic oxidation sites excluding steroid dienone is 1. The summed E-state index contributed by atoms with van der Waals surface area (Å²) in [5.41, 5.74) is 4.47. The number of nitrogens with zero attached hydrogens (tertiary/aromatic N) is 1. The number of ketones is 1. The van der Waals surface area contributed by atoms with Crippen molar-refractivity contribution in [1.82, 2.24) is 4.57 Å². The molecule has 29 heavy (non-hydrogen) atoms. The zero-order valence-corrected chi connectivity index (χ0v) is 16.7. The van der Waals surface area contributed by atoms with Crippen LogP contribution in [0.25, 0.3) is 6.08 Å². The molecule has 1 unspecified atom stereocenters. The molecule has 0 radical (unpaired) electrons. The molecule has 0 amide bonds. The van der Waals surface area contributed by atoms with Gasteiger partial charge in [0.2, 0.25) is 5.78 Å². The second-order valence-electron chi connectivity index (χ2n) is 7.33. The van der Waals surface area contributed by atoms with Crippen LogP contribution < -0.4 is 0 Å². The molecule has 0 saturated carbocycles. The Morgan fingerprint density at radius 2 is 1.83 bits per heavy atom. The van der Waals surface area contributed by atoms with Gasteiger partial charge in [0.25, 0.3) is 0 Å². The summed E-state index contributed by atoms with van der Waals surface area (Å²) in [7, 11) is 0. The SMILES string of the molecule is Cc1ccc(C(=O)c2cccn2C/C=C/c2cccc(CC(C)C(=O)O)c2)cc1. The molecular formula is C25H25NO3. The number of carbonyl (C=O) groups excluding carboxylic acids is 1. The topological polar surface area (TPSA) is 59.3 Å². The summed E-state index contributed by atoms with van der Waals surface area (Å²) >= 11 is 0. The van der Waals surface area contributed by atoms with Crippen LogP contribution in [0.3, 0.4) is 0 Å². The number of carboxylic acid groups (broad SMARTS) is 1.